The summed E-state index contributed by atoms with van der Waals surface area (Å²) in [7, 11) is 0. The topological polar surface area (TPSA) is 18.5 Å². The number of rotatable bonds is 5. The lowest BCUT2D eigenvalue weighted by Gasteiger charge is -2.48. The van der Waals surface area contributed by atoms with Crippen LogP contribution in [0.3, 0.4) is 0 Å². The zero-order valence-electron chi connectivity index (χ0n) is 11.3. The van der Waals surface area contributed by atoms with E-state index in [2.05, 4.69) is 20.8 Å². The maximum atomic E-state index is 6.18. The quantitative estimate of drug-likeness (QED) is 0.743. The third-order valence-electron chi connectivity index (χ3n) is 3.63. The van der Waals surface area contributed by atoms with Crippen LogP contribution < -0.4 is 9.47 Å². The summed E-state index contributed by atoms with van der Waals surface area (Å²) in [6.45, 7) is 7.15. The first-order valence-electron chi connectivity index (χ1n) is 6.57. The van der Waals surface area contributed by atoms with Crippen molar-refractivity contribution >= 4 is 11.6 Å². The van der Waals surface area contributed by atoms with E-state index in [1.807, 2.05) is 24.3 Å². The Balaban J connectivity index is 1.91. The molecule has 1 aromatic rings. The molecule has 0 bridgehead atoms. The van der Waals surface area contributed by atoms with Crippen LogP contribution in [0.25, 0.3) is 0 Å². The molecule has 1 aromatic carbocycles. The molecule has 1 aliphatic rings. The average Bonchev–Trinajstić information content (AvgIpc) is 2.37. The summed E-state index contributed by atoms with van der Waals surface area (Å²) in [4.78, 5) is 0. The minimum atomic E-state index is 0.0545. The molecule has 3 heteroatoms. The highest BCUT2D eigenvalue weighted by Crippen LogP contribution is 2.46. The van der Waals surface area contributed by atoms with Crippen LogP contribution in [0.2, 0.25) is 0 Å². The van der Waals surface area contributed by atoms with Gasteiger partial charge in [-0.2, -0.15) is 0 Å². The predicted molar refractivity (Wildman–Crippen MR) is 74.7 cm³/mol. The highest BCUT2D eigenvalue weighted by molar-refractivity contribution is 6.21. The van der Waals surface area contributed by atoms with E-state index in [1.165, 1.54) is 0 Å². The van der Waals surface area contributed by atoms with Gasteiger partial charge in [-0.05, 0) is 30.7 Å². The van der Waals surface area contributed by atoms with Crippen LogP contribution >= 0.6 is 11.6 Å². The zero-order chi connectivity index (χ0) is 13.2. The van der Waals surface area contributed by atoms with Crippen molar-refractivity contribution in [3.63, 3.8) is 0 Å². The van der Waals surface area contributed by atoms with Crippen molar-refractivity contribution in [2.45, 2.75) is 45.1 Å². The van der Waals surface area contributed by atoms with Crippen molar-refractivity contribution in [2.75, 3.05) is 6.61 Å². The first-order valence-corrected chi connectivity index (χ1v) is 7.01. The standard InChI is InChI=1S/C15H21ClO2/c1-4-9-17-11-5-7-12(8-6-11)18-14-10-13(16)15(14,2)3/h5-8,13-14H,4,9-10H2,1-3H3. The summed E-state index contributed by atoms with van der Waals surface area (Å²) >= 11 is 6.18. The predicted octanol–water partition coefficient (Wildman–Crippen LogP) is 4.26. The van der Waals surface area contributed by atoms with Crippen LogP contribution in [0.15, 0.2) is 24.3 Å². The van der Waals surface area contributed by atoms with E-state index in [0.717, 1.165) is 30.9 Å². The van der Waals surface area contributed by atoms with Crippen molar-refractivity contribution in [1.82, 2.24) is 0 Å². The average molecular weight is 269 g/mol. The van der Waals surface area contributed by atoms with Crippen LogP contribution in [-0.2, 0) is 0 Å². The van der Waals surface area contributed by atoms with Gasteiger partial charge in [0.2, 0.25) is 0 Å². The smallest absolute Gasteiger partial charge is 0.120 e. The lowest BCUT2D eigenvalue weighted by molar-refractivity contribution is -0.0130. The Kier molecular flexibility index (Phi) is 4.06. The first-order chi connectivity index (χ1) is 8.54. The van der Waals surface area contributed by atoms with Gasteiger partial charge in [0.25, 0.3) is 0 Å². The first kappa shape index (κ1) is 13.5. The molecule has 0 saturated heterocycles. The van der Waals surface area contributed by atoms with Crippen LogP contribution in [-0.4, -0.2) is 18.1 Å². The normalized spacial score (nSPS) is 25.3. The molecule has 0 spiro atoms. The second-order valence-corrected chi connectivity index (χ2v) is 5.98. The number of ether oxygens (including phenoxy) is 2. The van der Waals surface area contributed by atoms with Crippen LogP contribution in [0.5, 0.6) is 11.5 Å². The van der Waals surface area contributed by atoms with Gasteiger partial charge in [0.1, 0.15) is 17.6 Å². The van der Waals surface area contributed by atoms with Gasteiger partial charge in [-0.1, -0.05) is 20.8 Å². The maximum absolute atomic E-state index is 6.18. The lowest BCUT2D eigenvalue weighted by atomic mass is 9.68. The molecule has 100 valence electrons. The molecular formula is C15H21ClO2. The molecule has 0 N–H and O–H groups in total. The van der Waals surface area contributed by atoms with Crippen molar-refractivity contribution in [3.05, 3.63) is 24.3 Å². The second kappa shape index (κ2) is 5.40. The molecule has 2 unspecified atom stereocenters. The maximum Gasteiger partial charge on any atom is 0.120 e. The Bertz CT molecular complexity index is 386. The van der Waals surface area contributed by atoms with Gasteiger partial charge in [0.05, 0.1) is 6.61 Å². The molecule has 2 atom stereocenters. The number of hydrogen-bond acceptors (Lipinski definition) is 2. The molecule has 0 radical (unpaired) electrons. The lowest BCUT2D eigenvalue weighted by Crippen LogP contribution is -2.53. The fourth-order valence-corrected chi connectivity index (χ4v) is 2.34. The van der Waals surface area contributed by atoms with Gasteiger partial charge >= 0.3 is 0 Å². The third-order valence-corrected chi connectivity index (χ3v) is 4.37. The number of halogens is 1. The van der Waals surface area contributed by atoms with E-state index in [1.54, 1.807) is 0 Å². The Morgan fingerprint density at radius 3 is 2.33 bits per heavy atom. The molecule has 0 amide bonds. The van der Waals surface area contributed by atoms with E-state index in [0.29, 0.717) is 0 Å². The van der Waals surface area contributed by atoms with Crippen molar-refractivity contribution in [1.29, 1.82) is 0 Å². The summed E-state index contributed by atoms with van der Waals surface area (Å²) in [6, 6.07) is 7.83. The summed E-state index contributed by atoms with van der Waals surface area (Å²) < 4.78 is 11.5. The molecule has 1 saturated carbocycles. The van der Waals surface area contributed by atoms with Gasteiger partial charge in [-0.25, -0.2) is 0 Å². The van der Waals surface area contributed by atoms with Crippen LogP contribution in [0.4, 0.5) is 0 Å². The minimum absolute atomic E-state index is 0.0545. The third kappa shape index (κ3) is 2.74. The molecule has 2 nitrogen and oxygen atoms in total. The van der Waals surface area contributed by atoms with Gasteiger partial charge in [0, 0.05) is 17.2 Å². The van der Waals surface area contributed by atoms with Crippen LogP contribution in [0, 0.1) is 5.41 Å². The summed E-state index contributed by atoms with van der Waals surface area (Å²) in [6.07, 6.45) is 2.15. The highest BCUT2D eigenvalue weighted by atomic mass is 35.5. The zero-order valence-corrected chi connectivity index (χ0v) is 12.0. The van der Waals surface area contributed by atoms with Crippen molar-refractivity contribution < 1.29 is 9.47 Å². The number of hydrogen-bond donors (Lipinski definition) is 0. The van der Waals surface area contributed by atoms with Crippen molar-refractivity contribution in [2.24, 2.45) is 5.41 Å². The Morgan fingerprint density at radius 1 is 1.22 bits per heavy atom. The minimum Gasteiger partial charge on any atom is -0.494 e. The Hall–Kier alpha value is -0.890. The van der Waals surface area contributed by atoms with Gasteiger partial charge < -0.3 is 9.47 Å². The van der Waals surface area contributed by atoms with Gasteiger partial charge in [-0.3, -0.25) is 0 Å². The number of benzene rings is 1. The van der Waals surface area contributed by atoms with Gasteiger partial charge in [0.15, 0.2) is 0 Å². The molecule has 0 aromatic heterocycles. The molecular weight excluding hydrogens is 248 g/mol. The molecule has 0 heterocycles. The monoisotopic (exact) mass is 268 g/mol. The van der Waals surface area contributed by atoms with Crippen molar-refractivity contribution in [3.8, 4) is 11.5 Å². The molecule has 18 heavy (non-hydrogen) atoms. The SMILES string of the molecule is CCCOc1ccc(OC2CC(Cl)C2(C)C)cc1. The molecule has 2 rings (SSSR count). The fraction of sp³-hybridized carbons (Fsp3) is 0.600. The summed E-state index contributed by atoms with van der Waals surface area (Å²) in [5.41, 5.74) is 0.0545. The molecule has 0 aliphatic heterocycles. The fourth-order valence-electron chi connectivity index (χ4n) is 2.04. The van der Waals surface area contributed by atoms with E-state index in [4.69, 9.17) is 21.1 Å². The summed E-state index contributed by atoms with van der Waals surface area (Å²) in [5, 5.41) is 0.217. The molecule has 1 fully saturated rings. The highest BCUT2D eigenvalue weighted by Gasteiger charge is 2.49. The van der Waals surface area contributed by atoms with E-state index in [9.17, 15) is 0 Å². The molecule has 1 aliphatic carbocycles. The Morgan fingerprint density at radius 2 is 1.83 bits per heavy atom. The summed E-state index contributed by atoms with van der Waals surface area (Å²) in [5.74, 6) is 1.78. The largest absolute Gasteiger partial charge is 0.494 e. The van der Waals surface area contributed by atoms with Crippen LogP contribution in [0.1, 0.15) is 33.6 Å². The van der Waals surface area contributed by atoms with Gasteiger partial charge in [-0.15, -0.1) is 11.6 Å². The van der Waals surface area contributed by atoms with E-state index >= 15 is 0 Å². The second-order valence-electron chi connectivity index (χ2n) is 5.45. The van der Waals surface area contributed by atoms with E-state index < -0.39 is 0 Å². The Labute approximate surface area is 114 Å². The number of alkyl halides is 1. The van der Waals surface area contributed by atoms with E-state index in [-0.39, 0.29) is 16.9 Å².